The van der Waals surface area contributed by atoms with E-state index in [2.05, 4.69) is 15.0 Å². The lowest BCUT2D eigenvalue weighted by Gasteiger charge is -2.41. The first-order valence-electron chi connectivity index (χ1n) is 10.5. The van der Waals surface area contributed by atoms with Crippen molar-refractivity contribution in [3.8, 4) is 17.5 Å². The van der Waals surface area contributed by atoms with Gasteiger partial charge in [0.25, 0.3) is 0 Å². The van der Waals surface area contributed by atoms with Crippen molar-refractivity contribution in [3.05, 3.63) is 58.9 Å². The van der Waals surface area contributed by atoms with Gasteiger partial charge in [0.2, 0.25) is 16.7 Å². The monoisotopic (exact) mass is 456 g/mol. The third kappa shape index (κ3) is 3.30. The highest BCUT2D eigenvalue weighted by molar-refractivity contribution is 7.17. The summed E-state index contributed by atoms with van der Waals surface area (Å²) in [6, 6.07) is 9.68. The fourth-order valence-corrected chi connectivity index (χ4v) is 5.64. The molecule has 1 N–H and O–H groups in total. The number of rotatable bonds is 4. The summed E-state index contributed by atoms with van der Waals surface area (Å²) in [5.41, 5.74) is 0.890. The Morgan fingerprint density at radius 1 is 1.09 bits per heavy atom. The van der Waals surface area contributed by atoms with Crippen molar-refractivity contribution in [1.82, 2.24) is 19.5 Å². The largest absolute Gasteiger partial charge is 0.492 e. The highest BCUT2D eigenvalue weighted by Gasteiger charge is 2.42. The Hall–Kier alpha value is -2.79. The van der Waals surface area contributed by atoms with Crippen molar-refractivity contribution in [1.29, 1.82) is 0 Å². The van der Waals surface area contributed by atoms with Crippen molar-refractivity contribution < 1.29 is 23.4 Å². The molecule has 2 saturated heterocycles. The van der Waals surface area contributed by atoms with E-state index in [4.69, 9.17) is 13.9 Å². The van der Waals surface area contributed by atoms with E-state index in [-0.39, 0.29) is 17.7 Å². The minimum absolute atomic E-state index is 0.0262. The van der Waals surface area contributed by atoms with E-state index in [9.17, 15) is 9.50 Å². The number of thiazole rings is 1. The second kappa shape index (κ2) is 7.66. The normalized spacial score (nSPS) is 19.8. The first-order chi connectivity index (χ1) is 15.6. The molecule has 1 spiro atoms. The zero-order chi connectivity index (χ0) is 21.7. The number of benzene rings is 1. The number of halogens is 1. The van der Waals surface area contributed by atoms with Gasteiger partial charge in [-0.15, -0.1) is 5.10 Å². The first-order valence-corrected chi connectivity index (χ1v) is 11.3. The lowest BCUT2D eigenvalue weighted by Crippen LogP contribution is -2.46. The average Bonchev–Trinajstić information content (AvgIpc) is 3.59. The Bertz CT molecular complexity index is 1220. The Kier molecular flexibility index (Phi) is 4.76. The number of hydrogen-bond donors (Lipinski definition) is 1. The average molecular weight is 456 g/mol. The summed E-state index contributed by atoms with van der Waals surface area (Å²) in [5, 5.41) is 15.5. The van der Waals surface area contributed by atoms with Gasteiger partial charge in [-0.2, -0.15) is 9.50 Å². The summed E-state index contributed by atoms with van der Waals surface area (Å²) in [6.45, 7) is 2.67. The maximum absolute atomic E-state index is 13.6. The van der Waals surface area contributed by atoms with Crippen molar-refractivity contribution in [2.75, 3.05) is 26.3 Å². The quantitative estimate of drug-likeness (QED) is 0.500. The highest BCUT2D eigenvalue weighted by atomic mass is 32.1. The topological polar surface area (TPSA) is 85.3 Å². The van der Waals surface area contributed by atoms with Gasteiger partial charge in [-0.3, -0.25) is 4.90 Å². The molecule has 1 aromatic carbocycles. The molecule has 3 aromatic heterocycles. The first kappa shape index (κ1) is 19.9. The number of aromatic hydroxyl groups is 1. The number of hydrogen-bond acceptors (Lipinski definition) is 8. The van der Waals surface area contributed by atoms with Crippen molar-refractivity contribution in [2.45, 2.75) is 24.7 Å². The summed E-state index contributed by atoms with van der Waals surface area (Å²) in [5.74, 6) is 0.174. The van der Waals surface area contributed by atoms with Crippen LogP contribution in [-0.4, -0.2) is 56.7 Å². The van der Waals surface area contributed by atoms with Crippen LogP contribution in [0.25, 0.3) is 16.5 Å². The number of furan rings is 1. The zero-order valence-corrected chi connectivity index (χ0v) is 17.9. The molecule has 5 heterocycles. The molecule has 0 aliphatic carbocycles. The van der Waals surface area contributed by atoms with Gasteiger partial charge in [0, 0.05) is 25.9 Å². The molecule has 6 rings (SSSR count). The molecule has 4 aromatic rings. The SMILES string of the molecule is Oc1c([C@H](c2ccc(F)cc2)N2CCC3(CC2)OCCO3)sc2nc(-c3ccco3)nn12. The molecule has 0 saturated carbocycles. The van der Waals surface area contributed by atoms with Crippen LogP contribution in [0.1, 0.15) is 29.3 Å². The molecule has 2 aliphatic heterocycles. The van der Waals surface area contributed by atoms with Crippen LogP contribution in [-0.2, 0) is 9.47 Å². The molecular weight excluding hydrogens is 435 g/mol. The van der Waals surface area contributed by atoms with Gasteiger partial charge in [0.15, 0.2) is 11.5 Å². The molecule has 0 amide bonds. The van der Waals surface area contributed by atoms with Gasteiger partial charge in [0.05, 0.1) is 30.4 Å². The zero-order valence-electron chi connectivity index (χ0n) is 17.1. The van der Waals surface area contributed by atoms with Crippen LogP contribution >= 0.6 is 11.3 Å². The van der Waals surface area contributed by atoms with Crippen LogP contribution in [0.2, 0.25) is 0 Å². The van der Waals surface area contributed by atoms with Crippen LogP contribution in [0.15, 0.2) is 47.1 Å². The third-order valence-electron chi connectivity index (χ3n) is 6.11. The molecule has 166 valence electrons. The van der Waals surface area contributed by atoms with Gasteiger partial charge < -0.3 is 19.0 Å². The molecule has 32 heavy (non-hydrogen) atoms. The van der Waals surface area contributed by atoms with E-state index in [0.29, 0.717) is 47.7 Å². The van der Waals surface area contributed by atoms with Crippen LogP contribution in [0.3, 0.4) is 0 Å². The van der Waals surface area contributed by atoms with E-state index in [1.165, 1.54) is 28.0 Å². The predicted molar refractivity (Wildman–Crippen MR) is 114 cm³/mol. The van der Waals surface area contributed by atoms with Crippen molar-refractivity contribution in [2.24, 2.45) is 0 Å². The molecule has 0 unspecified atom stereocenters. The van der Waals surface area contributed by atoms with E-state index in [0.717, 1.165) is 18.4 Å². The summed E-state index contributed by atoms with van der Waals surface area (Å²) in [7, 11) is 0. The second-order valence-electron chi connectivity index (χ2n) is 7.99. The van der Waals surface area contributed by atoms with Gasteiger partial charge >= 0.3 is 0 Å². The molecule has 2 fully saturated rings. The molecular formula is C22H21FN4O4S. The van der Waals surface area contributed by atoms with Gasteiger partial charge in [-0.25, -0.2) is 4.39 Å². The number of likely N-dealkylation sites (tertiary alicyclic amines) is 1. The predicted octanol–water partition coefficient (Wildman–Crippen LogP) is 3.82. The minimum atomic E-state index is -0.505. The van der Waals surface area contributed by atoms with E-state index in [1.807, 2.05) is 0 Å². The standard InChI is InChI=1S/C22H21FN4O4S/c23-15-5-3-14(4-6-15)17(26-9-7-22(8-10-26)30-12-13-31-22)18-20(28)27-21(32-18)24-19(25-27)16-2-1-11-29-16/h1-6,11,17,28H,7-10,12-13H2/t17-/m0/s1. The maximum Gasteiger partial charge on any atom is 0.230 e. The lowest BCUT2D eigenvalue weighted by molar-refractivity contribution is -0.187. The molecule has 0 radical (unpaired) electrons. The van der Waals surface area contributed by atoms with Gasteiger partial charge in [-0.05, 0) is 29.8 Å². The van der Waals surface area contributed by atoms with Crippen LogP contribution < -0.4 is 0 Å². The molecule has 8 nitrogen and oxygen atoms in total. The van der Waals surface area contributed by atoms with Crippen LogP contribution in [0.4, 0.5) is 4.39 Å². The van der Waals surface area contributed by atoms with Crippen LogP contribution in [0, 0.1) is 5.82 Å². The Labute approximate surface area is 186 Å². The number of fused-ring (bicyclic) bond motifs is 1. The van der Waals surface area contributed by atoms with Crippen molar-refractivity contribution in [3.63, 3.8) is 0 Å². The lowest BCUT2D eigenvalue weighted by atomic mass is 9.97. The van der Waals surface area contributed by atoms with E-state index in [1.54, 1.807) is 30.5 Å². The maximum atomic E-state index is 13.6. The smallest absolute Gasteiger partial charge is 0.230 e. The fraction of sp³-hybridized carbons (Fsp3) is 0.364. The summed E-state index contributed by atoms with van der Waals surface area (Å²) >= 11 is 1.37. The molecule has 10 heteroatoms. The van der Waals surface area contributed by atoms with Crippen molar-refractivity contribution >= 4 is 16.3 Å². The van der Waals surface area contributed by atoms with Gasteiger partial charge in [0.1, 0.15) is 5.82 Å². The Morgan fingerprint density at radius 2 is 1.84 bits per heavy atom. The van der Waals surface area contributed by atoms with Crippen LogP contribution in [0.5, 0.6) is 5.88 Å². The van der Waals surface area contributed by atoms with E-state index >= 15 is 0 Å². The number of aromatic nitrogens is 3. The number of piperidine rings is 1. The molecule has 1 atom stereocenters. The van der Waals surface area contributed by atoms with Gasteiger partial charge in [-0.1, -0.05) is 23.5 Å². The number of nitrogens with zero attached hydrogens (tertiary/aromatic N) is 4. The second-order valence-corrected chi connectivity index (χ2v) is 9.00. The highest BCUT2D eigenvalue weighted by Crippen LogP contribution is 2.43. The van der Waals surface area contributed by atoms with E-state index < -0.39 is 5.79 Å². The Morgan fingerprint density at radius 3 is 2.50 bits per heavy atom. The Balaban J connectivity index is 1.37. The number of ether oxygens (including phenoxy) is 2. The minimum Gasteiger partial charge on any atom is -0.492 e. The third-order valence-corrected chi connectivity index (χ3v) is 7.19. The molecule has 2 aliphatic rings. The summed E-state index contributed by atoms with van der Waals surface area (Å²) in [4.78, 5) is 8.07. The molecule has 0 bridgehead atoms. The fourth-order valence-electron chi connectivity index (χ4n) is 4.52. The summed E-state index contributed by atoms with van der Waals surface area (Å²) in [6.07, 6.45) is 3.02. The summed E-state index contributed by atoms with van der Waals surface area (Å²) < 4.78 is 32.2.